The highest BCUT2D eigenvalue weighted by molar-refractivity contribution is 5.75. The van der Waals surface area contributed by atoms with Crippen molar-refractivity contribution in [1.82, 2.24) is 9.97 Å². The first-order valence-corrected chi connectivity index (χ1v) is 6.40. The second-order valence-corrected chi connectivity index (χ2v) is 4.71. The van der Waals surface area contributed by atoms with Crippen molar-refractivity contribution in [1.29, 1.82) is 0 Å². The standard InChI is InChI=1S/C15H18N2O2/c1-4-11(15(18)19)14-16-10(3)13(17-14)12-8-6-5-7-9(12)2/h5-8,11H,4H2,1-3H3,(H,16,17)(H,18,19). The van der Waals surface area contributed by atoms with Crippen molar-refractivity contribution in [3.05, 3.63) is 41.3 Å². The molecule has 1 heterocycles. The zero-order valence-electron chi connectivity index (χ0n) is 11.4. The van der Waals surface area contributed by atoms with Crippen LogP contribution in [0.2, 0.25) is 0 Å². The molecule has 0 aliphatic carbocycles. The SMILES string of the molecule is CCC(C(=O)O)c1nc(-c2ccccc2C)c(C)[nH]1. The molecule has 4 nitrogen and oxygen atoms in total. The zero-order valence-corrected chi connectivity index (χ0v) is 11.4. The first-order valence-electron chi connectivity index (χ1n) is 6.40. The smallest absolute Gasteiger partial charge is 0.314 e. The fourth-order valence-corrected chi connectivity index (χ4v) is 2.23. The van der Waals surface area contributed by atoms with E-state index in [1.165, 1.54) is 0 Å². The molecule has 2 rings (SSSR count). The van der Waals surface area contributed by atoms with E-state index in [2.05, 4.69) is 9.97 Å². The second kappa shape index (κ2) is 5.26. The lowest BCUT2D eigenvalue weighted by Gasteiger charge is -2.05. The summed E-state index contributed by atoms with van der Waals surface area (Å²) in [5, 5.41) is 9.19. The summed E-state index contributed by atoms with van der Waals surface area (Å²) in [6.07, 6.45) is 0.523. The molecule has 1 aromatic carbocycles. The number of aromatic amines is 1. The molecule has 0 saturated carbocycles. The fourth-order valence-electron chi connectivity index (χ4n) is 2.23. The third kappa shape index (κ3) is 2.52. The second-order valence-electron chi connectivity index (χ2n) is 4.71. The summed E-state index contributed by atoms with van der Waals surface area (Å²) >= 11 is 0. The third-order valence-electron chi connectivity index (χ3n) is 3.34. The van der Waals surface area contributed by atoms with Gasteiger partial charge in [-0.3, -0.25) is 4.79 Å². The van der Waals surface area contributed by atoms with Gasteiger partial charge in [0.25, 0.3) is 0 Å². The minimum Gasteiger partial charge on any atom is -0.481 e. The van der Waals surface area contributed by atoms with E-state index in [0.29, 0.717) is 12.2 Å². The molecule has 0 radical (unpaired) electrons. The first-order chi connectivity index (χ1) is 9.04. The Morgan fingerprint density at radius 3 is 2.63 bits per heavy atom. The summed E-state index contributed by atoms with van der Waals surface area (Å²) in [7, 11) is 0. The van der Waals surface area contributed by atoms with Gasteiger partial charge in [-0.25, -0.2) is 4.98 Å². The number of benzene rings is 1. The minimum absolute atomic E-state index is 0.523. The Kier molecular flexibility index (Phi) is 3.69. The van der Waals surface area contributed by atoms with E-state index < -0.39 is 11.9 Å². The maximum absolute atomic E-state index is 11.2. The van der Waals surface area contributed by atoms with Crippen LogP contribution in [0.1, 0.15) is 36.3 Å². The average molecular weight is 258 g/mol. The number of carboxylic acids is 1. The van der Waals surface area contributed by atoms with Gasteiger partial charge in [-0.05, 0) is 25.8 Å². The molecular weight excluding hydrogens is 240 g/mol. The summed E-state index contributed by atoms with van der Waals surface area (Å²) in [6.45, 7) is 5.80. The van der Waals surface area contributed by atoms with Crippen molar-refractivity contribution in [2.45, 2.75) is 33.1 Å². The molecule has 1 atom stereocenters. The third-order valence-corrected chi connectivity index (χ3v) is 3.34. The quantitative estimate of drug-likeness (QED) is 0.884. The highest BCUT2D eigenvalue weighted by atomic mass is 16.4. The van der Waals surface area contributed by atoms with Crippen LogP contribution in [0.4, 0.5) is 0 Å². The number of carboxylic acid groups (broad SMARTS) is 1. The van der Waals surface area contributed by atoms with Gasteiger partial charge >= 0.3 is 5.97 Å². The highest BCUT2D eigenvalue weighted by Crippen LogP contribution is 2.27. The van der Waals surface area contributed by atoms with Gasteiger partial charge in [-0.2, -0.15) is 0 Å². The number of rotatable bonds is 4. The Labute approximate surface area is 112 Å². The summed E-state index contributed by atoms with van der Waals surface area (Å²) < 4.78 is 0. The maximum atomic E-state index is 11.2. The van der Waals surface area contributed by atoms with Gasteiger partial charge in [-0.1, -0.05) is 31.2 Å². The lowest BCUT2D eigenvalue weighted by molar-refractivity contribution is -0.139. The molecule has 0 bridgehead atoms. The minimum atomic E-state index is -0.840. The highest BCUT2D eigenvalue weighted by Gasteiger charge is 2.22. The molecule has 19 heavy (non-hydrogen) atoms. The van der Waals surface area contributed by atoms with Crippen molar-refractivity contribution >= 4 is 5.97 Å². The number of hydrogen-bond acceptors (Lipinski definition) is 2. The molecule has 2 N–H and O–H groups in total. The van der Waals surface area contributed by atoms with Gasteiger partial charge in [0, 0.05) is 11.3 Å². The van der Waals surface area contributed by atoms with Crippen LogP contribution in [-0.2, 0) is 4.79 Å². The van der Waals surface area contributed by atoms with E-state index >= 15 is 0 Å². The van der Waals surface area contributed by atoms with Crippen LogP contribution in [0.15, 0.2) is 24.3 Å². The number of imidazole rings is 1. The average Bonchev–Trinajstić information content (AvgIpc) is 2.72. The van der Waals surface area contributed by atoms with Crippen LogP contribution in [-0.4, -0.2) is 21.0 Å². The van der Waals surface area contributed by atoms with Gasteiger partial charge in [0.15, 0.2) is 0 Å². The van der Waals surface area contributed by atoms with Crippen LogP contribution in [0.25, 0.3) is 11.3 Å². The Hall–Kier alpha value is -2.10. The molecule has 0 spiro atoms. The van der Waals surface area contributed by atoms with Crippen molar-refractivity contribution in [3.8, 4) is 11.3 Å². The molecule has 2 aromatic rings. The number of aliphatic carboxylic acids is 1. The van der Waals surface area contributed by atoms with E-state index in [0.717, 1.165) is 22.5 Å². The Morgan fingerprint density at radius 2 is 2.05 bits per heavy atom. The number of hydrogen-bond donors (Lipinski definition) is 2. The number of H-pyrrole nitrogens is 1. The van der Waals surface area contributed by atoms with E-state index in [1.54, 1.807) is 0 Å². The summed E-state index contributed by atoms with van der Waals surface area (Å²) in [5.74, 6) is -0.880. The van der Waals surface area contributed by atoms with E-state index in [4.69, 9.17) is 0 Å². The Morgan fingerprint density at radius 1 is 1.37 bits per heavy atom. The molecule has 1 aromatic heterocycles. The summed E-state index contributed by atoms with van der Waals surface area (Å²) in [5.41, 5.74) is 3.92. The lowest BCUT2D eigenvalue weighted by atomic mass is 10.0. The maximum Gasteiger partial charge on any atom is 0.314 e. The predicted molar refractivity (Wildman–Crippen MR) is 74.2 cm³/mol. The van der Waals surface area contributed by atoms with Crippen molar-refractivity contribution < 1.29 is 9.90 Å². The molecule has 100 valence electrons. The van der Waals surface area contributed by atoms with Crippen LogP contribution >= 0.6 is 0 Å². The van der Waals surface area contributed by atoms with Crippen LogP contribution in [0.3, 0.4) is 0 Å². The summed E-state index contributed by atoms with van der Waals surface area (Å²) in [4.78, 5) is 18.8. The molecule has 0 aliphatic rings. The van der Waals surface area contributed by atoms with Crippen molar-refractivity contribution in [2.24, 2.45) is 0 Å². The topological polar surface area (TPSA) is 66.0 Å². The largest absolute Gasteiger partial charge is 0.481 e. The Bertz CT molecular complexity index is 602. The van der Waals surface area contributed by atoms with Gasteiger partial charge in [0.05, 0.1) is 5.69 Å². The number of aryl methyl sites for hydroxylation is 2. The number of nitrogens with zero attached hydrogens (tertiary/aromatic N) is 1. The van der Waals surface area contributed by atoms with Crippen molar-refractivity contribution in [3.63, 3.8) is 0 Å². The van der Waals surface area contributed by atoms with E-state index in [9.17, 15) is 9.90 Å². The molecule has 1 unspecified atom stereocenters. The van der Waals surface area contributed by atoms with E-state index in [1.807, 2.05) is 45.0 Å². The van der Waals surface area contributed by atoms with Gasteiger partial charge < -0.3 is 10.1 Å². The van der Waals surface area contributed by atoms with E-state index in [-0.39, 0.29) is 0 Å². The van der Waals surface area contributed by atoms with Crippen LogP contribution in [0.5, 0.6) is 0 Å². The zero-order chi connectivity index (χ0) is 14.0. The fraction of sp³-hybridized carbons (Fsp3) is 0.333. The van der Waals surface area contributed by atoms with Crippen molar-refractivity contribution in [2.75, 3.05) is 0 Å². The van der Waals surface area contributed by atoms with Gasteiger partial charge in [0.2, 0.25) is 0 Å². The predicted octanol–water partition coefficient (Wildman–Crippen LogP) is 3.27. The number of nitrogens with one attached hydrogen (secondary N) is 1. The Balaban J connectivity index is 2.48. The molecular formula is C15H18N2O2. The molecule has 4 heteroatoms. The van der Waals surface area contributed by atoms with Gasteiger partial charge in [0.1, 0.15) is 11.7 Å². The normalized spacial score (nSPS) is 12.4. The lowest BCUT2D eigenvalue weighted by Crippen LogP contribution is -2.12. The number of aromatic nitrogens is 2. The monoisotopic (exact) mass is 258 g/mol. The van der Waals surface area contributed by atoms with Crippen LogP contribution < -0.4 is 0 Å². The van der Waals surface area contributed by atoms with Crippen LogP contribution in [0, 0.1) is 13.8 Å². The van der Waals surface area contributed by atoms with Gasteiger partial charge in [-0.15, -0.1) is 0 Å². The molecule has 0 amide bonds. The summed E-state index contributed by atoms with van der Waals surface area (Å²) in [6, 6.07) is 7.97. The number of carbonyl (C=O) groups is 1. The first kappa shape index (κ1) is 13.3. The molecule has 0 saturated heterocycles. The molecule has 0 aliphatic heterocycles. The molecule has 0 fully saturated rings.